The molecule has 0 saturated carbocycles. The van der Waals surface area contributed by atoms with E-state index in [9.17, 15) is 0 Å². The first kappa shape index (κ1) is 17.9. The zero-order chi connectivity index (χ0) is 19.3. The molecular formula is C21H22N4O3. The van der Waals surface area contributed by atoms with E-state index in [4.69, 9.17) is 14.2 Å². The van der Waals surface area contributed by atoms with Crippen LogP contribution in [0.2, 0.25) is 0 Å². The largest absolute Gasteiger partial charge is 0.494 e. The van der Waals surface area contributed by atoms with Crippen molar-refractivity contribution in [2.75, 3.05) is 24.0 Å². The van der Waals surface area contributed by atoms with Crippen LogP contribution in [0.5, 0.6) is 17.2 Å². The zero-order valence-corrected chi connectivity index (χ0v) is 15.9. The van der Waals surface area contributed by atoms with Crippen molar-refractivity contribution in [2.45, 2.75) is 20.4 Å². The van der Waals surface area contributed by atoms with Crippen LogP contribution in [-0.4, -0.2) is 23.4 Å². The lowest BCUT2D eigenvalue weighted by molar-refractivity contribution is 0.174. The van der Waals surface area contributed by atoms with Gasteiger partial charge in [-0.1, -0.05) is 6.07 Å². The van der Waals surface area contributed by atoms with Crippen LogP contribution >= 0.6 is 0 Å². The van der Waals surface area contributed by atoms with Crippen LogP contribution in [0.4, 0.5) is 17.5 Å². The van der Waals surface area contributed by atoms with E-state index in [1.54, 1.807) is 0 Å². The van der Waals surface area contributed by atoms with E-state index in [0.29, 0.717) is 19.1 Å². The molecule has 28 heavy (non-hydrogen) atoms. The Kier molecular flexibility index (Phi) is 5.14. The number of ether oxygens (including phenoxy) is 3. The number of hydrogen-bond acceptors (Lipinski definition) is 7. The molecule has 2 N–H and O–H groups in total. The highest BCUT2D eigenvalue weighted by molar-refractivity contribution is 5.58. The number of hydrogen-bond donors (Lipinski definition) is 2. The van der Waals surface area contributed by atoms with Gasteiger partial charge in [-0.3, -0.25) is 0 Å². The number of aryl methyl sites for hydroxylation is 1. The predicted molar refractivity (Wildman–Crippen MR) is 108 cm³/mol. The minimum absolute atomic E-state index is 0.272. The molecule has 4 rings (SSSR count). The molecule has 0 amide bonds. The molecule has 1 aliphatic heterocycles. The number of benzene rings is 2. The second-order valence-electron chi connectivity index (χ2n) is 6.34. The monoisotopic (exact) mass is 378 g/mol. The minimum Gasteiger partial charge on any atom is -0.494 e. The van der Waals surface area contributed by atoms with Crippen molar-refractivity contribution in [3.8, 4) is 17.2 Å². The van der Waals surface area contributed by atoms with Crippen LogP contribution in [0.25, 0.3) is 0 Å². The topological polar surface area (TPSA) is 77.5 Å². The van der Waals surface area contributed by atoms with Crippen LogP contribution < -0.4 is 24.8 Å². The molecule has 7 heteroatoms. The molecule has 1 aromatic heterocycles. The van der Waals surface area contributed by atoms with E-state index >= 15 is 0 Å². The third kappa shape index (κ3) is 4.25. The molecule has 2 aromatic carbocycles. The quantitative estimate of drug-likeness (QED) is 0.636. The van der Waals surface area contributed by atoms with Crippen molar-refractivity contribution in [1.29, 1.82) is 0 Å². The summed E-state index contributed by atoms with van der Waals surface area (Å²) in [6.45, 7) is 5.41. The van der Waals surface area contributed by atoms with E-state index in [1.165, 1.54) is 0 Å². The summed E-state index contributed by atoms with van der Waals surface area (Å²) in [6.07, 6.45) is 0. The van der Waals surface area contributed by atoms with E-state index in [1.807, 2.05) is 62.4 Å². The SMILES string of the molecule is CCOc1ccc(Nc2cc(C)nc(NCc3ccc4c(c3)OCO4)n2)cc1. The molecule has 0 aliphatic carbocycles. The first-order valence-corrected chi connectivity index (χ1v) is 9.17. The zero-order valence-electron chi connectivity index (χ0n) is 15.9. The first-order valence-electron chi connectivity index (χ1n) is 9.17. The summed E-state index contributed by atoms with van der Waals surface area (Å²) >= 11 is 0. The van der Waals surface area contributed by atoms with Gasteiger partial charge in [0.1, 0.15) is 11.6 Å². The van der Waals surface area contributed by atoms with Crippen molar-refractivity contribution in [2.24, 2.45) is 0 Å². The van der Waals surface area contributed by atoms with Crippen LogP contribution in [-0.2, 0) is 6.54 Å². The Labute approximate surface area is 163 Å². The molecule has 0 saturated heterocycles. The molecule has 0 atom stereocenters. The van der Waals surface area contributed by atoms with Crippen molar-refractivity contribution in [3.05, 3.63) is 59.8 Å². The second kappa shape index (κ2) is 8.04. The van der Waals surface area contributed by atoms with E-state index in [0.717, 1.165) is 40.0 Å². The van der Waals surface area contributed by atoms with Crippen molar-refractivity contribution < 1.29 is 14.2 Å². The van der Waals surface area contributed by atoms with Crippen molar-refractivity contribution in [1.82, 2.24) is 9.97 Å². The smallest absolute Gasteiger partial charge is 0.231 e. The third-order valence-electron chi connectivity index (χ3n) is 4.18. The average Bonchev–Trinajstić information content (AvgIpc) is 3.16. The maximum absolute atomic E-state index is 5.47. The molecule has 0 spiro atoms. The highest BCUT2D eigenvalue weighted by atomic mass is 16.7. The molecule has 2 heterocycles. The Balaban J connectivity index is 1.43. The van der Waals surface area contributed by atoms with Gasteiger partial charge in [-0.25, -0.2) is 4.98 Å². The summed E-state index contributed by atoms with van der Waals surface area (Å²) in [5.74, 6) is 3.67. The van der Waals surface area contributed by atoms with E-state index < -0.39 is 0 Å². The lowest BCUT2D eigenvalue weighted by Gasteiger charge is -2.11. The second-order valence-corrected chi connectivity index (χ2v) is 6.34. The van der Waals surface area contributed by atoms with Crippen LogP contribution in [0.3, 0.4) is 0 Å². The normalized spacial score (nSPS) is 11.9. The maximum Gasteiger partial charge on any atom is 0.231 e. The van der Waals surface area contributed by atoms with Gasteiger partial charge in [-0.2, -0.15) is 4.98 Å². The van der Waals surface area contributed by atoms with Gasteiger partial charge in [0.25, 0.3) is 0 Å². The summed E-state index contributed by atoms with van der Waals surface area (Å²) in [6, 6.07) is 15.6. The highest BCUT2D eigenvalue weighted by Crippen LogP contribution is 2.32. The van der Waals surface area contributed by atoms with Gasteiger partial charge in [-0.05, 0) is 55.8 Å². The van der Waals surface area contributed by atoms with Crippen LogP contribution in [0.15, 0.2) is 48.5 Å². The van der Waals surface area contributed by atoms with E-state index in [-0.39, 0.29) is 6.79 Å². The van der Waals surface area contributed by atoms with Gasteiger partial charge in [0.2, 0.25) is 12.7 Å². The summed E-state index contributed by atoms with van der Waals surface area (Å²) in [5.41, 5.74) is 2.87. The van der Waals surface area contributed by atoms with Gasteiger partial charge < -0.3 is 24.8 Å². The van der Waals surface area contributed by atoms with Gasteiger partial charge in [0.05, 0.1) is 6.61 Å². The highest BCUT2D eigenvalue weighted by Gasteiger charge is 2.13. The number of nitrogens with zero attached hydrogens (tertiary/aromatic N) is 2. The average molecular weight is 378 g/mol. The minimum atomic E-state index is 0.272. The van der Waals surface area contributed by atoms with Gasteiger partial charge in [0.15, 0.2) is 11.5 Å². The fourth-order valence-electron chi connectivity index (χ4n) is 2.89. The molecule has 0 fully saturated rings. The van der Waals surface area contributed by atoms with Crippen LogP contribution in [0.1, 0.15) is 18.2 Å². The maximum atomic E-state index is 5.47. The number of anilines is 3. The van der Waals surface area contributed by atoms with Crippen molar-refractivity contribution >= 4 is 17.5 Å². The van der Waals surface area contributed by atoms with Gasteiger partial charge >= 0.3 is 0 Å². The first-order chi connectivity index (χ1) is 13.7. The Morgan fingerprint density at radius 1 is 1.00 bits per heavy atom. The lowest BCUT2D eigenvalue weighted by atomic mass is 10.2. The summed E-state index contributed by atoms with van der Waals surface area (Å²) < 4.78 is 16.2. The summed E-state index contributed by atoms with van der Waals surface area (Å²) in [7, 11) is 0. The molecule has 144 valence electrons. The predicted octanol–water partition coefficient (Wildman–Crippen LogP) is 4.27. The fraction of sp³-hybridized carbons (Fsp3) is 0.238. The van der Waals surface area contributed by atoms with E-state index in [2.05, 4.69) is 20.6 Å². The Morgan fingerprint density at radius 3 is 2.64 bits per heavy atom. The molecular weight excluding hydrogens is 356 g/mol. The molecule has 0 radical (unpaired) electrons. The number of nitrogens with one attached hydrogen (secondary N) is 2. The standard InChI is InChI=1S/C21H22N4O3/c1-3-26-17-7-5-16(6-8-17)24-20-10-14(2)23-21(25-20)22-12-15-4-9-18-19(11-15)28-13-27-18/h4-11H,3,12-13H2,1-2H3,(H2,22,23,24,25). The van der Waals surface area contributed by atoms with Gasteiger partial charge in [0, 0.05) is 24.0 Å². The van der Waals surface area contributed by atoms with Gasteiger partial charge in [-0.15, -0.1) is 0 Å². The van der Waals surface area contributed by atoms with Crippen LogP contribution in [0, 0.1) is 6.92 Å². The summed E-state index contributed by atoms with van der Waals surface area (Å²) in [4.78, 5) is 9.02. The number of aromatic nitrogens is 2. The fourth-order valence-corrected chi connectivity index (χ4v) is 2.89. The van der Waals surface area contributed by atoms with Crippen molar-refractivity contribution in [3.63, 3.8) is 0 Å². The Morgan fingerprint density at radius 2 is 1.82 bits per heavy atom. The Bertz CT molecular complexity index is 960. The molecule has 0 unspecified atom stereocenters. The molecule has 3 aromatic rings. The number of fused-ring (bicyclic) bond motifs is 1. The summed E-state index contributed by atoms with van der Waals surface area (Å²) in [5, 5.41) is 6.57. The molecule has 7 nitrogen and oxygen atoms in total. The lowest BCUT2D eigenvalue weighted by Crippen LogP contribution is -2.06. The number of rotatable bonds is 7. The molecule has 0 bridgehead atoms. The molecule has 1 aliphatic rings. The third-order valence-corrected chi connectivity index (χ3v) is 4.18. The Hall–Kier alpha value is -3.48.